The number of imidazole rings is 1. The van der Waals surface area contributed by atoms with Crippen molar-refractivity contribution >= 4 is 22.1 Å². The van der Waals surface area contributed by atoms with Crippen LogP contribution in [0.25, 0.3) is 33.2 Å². The first-order valence-electron chi connectivity index (χ1n) is 9.09. The highest BCUT2D eigenvalue weighted by Gasteiger charge is 2.34. The number of ether oxygens (including phenoxy) is 1. The van der Waals surface area contributed by atoms with Gasteiger partial charge in [0.1, 0.15) is 5.52 Å². The highest BCUT2D eigenvalue weighted by Crippen LogP contribution is 2.37. The third-order valence-corrected chi connectivity index (χ3v) is 5.60. The maximum atomic E-state index is 13.2. The molecule has 3 aromatic heterocycles. The van der Waals surface area contributed by atoms with Crippen LogP contribution in [0.4, 0.5) is 4.39 Å². The standard InChI is InChI=1S/C20H18FN5O2/c1-25-19-18(26(20(25)27)13-8-14(9-13)28-2)15-7-11(3-5-16(15)23-24-19)12-4-6-17(21)22-10-12/h3-7,10,13-14H,8-9H2,1-2H3/t13-,14-. The van der Waals surface area contributed by atoms with Crippen LogP contribution >= 0.6 is 0 Å². The number of aryl methyl sites for hydroxylation is 1. The molecule has 4 aromatic rings. The fraction of sp³-hybridized carbons (Fsp3) is 0.300. The Labute approximate surface area is 159 Å². The van der Waals surface area contributed by atoms with Crippen LogP contribution in [0.5, 0.6) is 0 Å². The van der Waals surface area contributed by atoms with Crippen molar-refractivity contribution in [1.82, 2.24) is 24.3 Å². The predicted molar refractivity (Wildman–Crippen MR) is 103 cm³/mol. The largest absolute Gasteiger partial charge is 0.381 e. The molecule has 0 atom stereocenters. The molecular weight excluding hydrogens is 361 g/mol. The molecule has 5 rings (SSSR count). The second-order valence-corrected chi connectivity index (χ2v) is 7.17. The van der Waals surface area contributed by atoms with Gasteiger partial charge < -0.3 is 4.74 Å². The molecule has 1 fully saturated rings. The topological polar surface area (TPSA) is 74.8 Å². The Bertz CT molecular complexity index is 1260. The summed E-state index contributed by atoms with van der Waals surface area (Å²) in [6, 6.07) is 8.81. The molecule has 0 N–H and O–H groups in total. The molecule has 7 nitrogen and oxygen atoms in total. The van der Waals surface area contributed by atoms with Gasteiger partial charge in [-0.25, -0.2) is 9.78 Å². The van der Waals surface area contributed by atoms with E-state index in [1.165, 1.54) is 16.8 Å². The molecule has 0 radical (unpaired) electrons. The Kier molecular flexibility index (Phi) is 3.77. The highest BCUT2D eigenvalue weighted by molar-refractivity contribution is 6.02. The van der Waals surface area contributed by atoms with E-state index in [0.717, 1.165) is 34.9 Å². The number of methoxy groups -OCH3 is 1. The van der Waals surface area contributed by atoms with Crippen LogP contribution in [0.3, 0.4) is 0 Å². The molecule has 1 aromatic carbocycles. The van der Waals surface area contributed by atoms with Crippen LogP contribution < -0.4 is 5.69 Å². The summed E-state index contributed by atoms with van der Waals surface area (Å²) in [6.45, 7) is 0. The smallest absolute Gasteiger partial charge is 0.330 e. The van der Waals surface area contributed by atoms with Gasteiger partial charge in [0.25, 0.3) is 0 Å². The molecule has 0 amide bonds. The SMILES string of the molecule is CO[C@H]1C[C@H](n2c(=O)n(C)c3nnc4ccc(-c5ccc(F)nc5)cc4c32)C1. The lowest BCUT2D eigenvalue weighted by molar-refractivity contribution is 0.00635. The summed E-state index contributed by atoms with van der Waals surface area (Å²) in [6.07, 6.45) is 3.26. The van der Waals surface area contributed by atoms with Gasteiger partial charge in [0.05, 0.1) is 11.6 Å². The number of hydrogen-bond acceptors (Lipinski definition) is 5. The molecule has 8 heteroatoms. The molecule has 1 aliphatic rings. The van der Waals surface area contributed by atoms with Gasteiger partial charge >= 0.3 is 5.69 Å². The Hall–Kier alpha value is -3.13. The van der Waals surface area contributed by atoms with Crippen molar-refractivity contribution in [3.05, 3.63) is 53.0 Å². The number of halogens is 1. The van der Waals surface area contributed by atoms with Crippen molar-refractivity contribution in [2.45, 2.75) is 25.0 Å². The molecular formula is C20H18FN5O2. The minimum absolute atomic E-state index is 0.0738. The fourth-order valence-corrected chi connectivity index (χ4v) is 3.90. The predicted octanol–water partition coefficient (Wildman–Crippen LogP) is 2.83. The number of aromatic nitrogens is 5. The van der Waals surface area contributed by atoms with E-state index >= 15 is 0 Å². The molecule has 3 heterocycles. The number of rotatable bonds is 3. The van der Waals surface area contributed by atoms with Crippen molar-refractivity contribution in [3.8, 4) is 11.1 Å². The molecule has 28 heavy (non-hydrogen) atoms. The monoisotopic (exact) mass is 379 g/mol. The van der Waals surface area contributed by atoms with E-state index < -0.39 is 5.95 Å². The van der Waals surface area contributed by atoms with E-state index in [4.69, 9.17) is 4.74 Å². The number of pyridine rings is 1. The minimum atomic E-state index is -0.521. The lowest BCUT2D eigenvalue weighted by Crippen LogP contribution is -2.37. The van der Waals surface area contributed by atoms with Gasteiger partial charge in [-0.1, -0.05) is 6.07 Å². The van der Waals surface area contributed by atoms with Crippen LogP contribution in [0, 0.1) is 5.95 Å². The van der Waals surface area contributed by atoms with Gasteiger partial charge in [0.15, 0.2) is 5.65 Å². The summed E-state index contributed by atoms with van der Waals surface area (Å²) in [7, 11) is 3.40. The zero-order valence-corrected chi connectivity index (χ0v) is 15.5. The Morgan fingerprint density at radius 3 is 2.64 bits per heavy atom. The van der Waals surface area contributed by atoms with E-state index in [1.54, 1.807) is 20.2 Å². The number of hydrogen-bond donors (Lipinski definition) is 0. The van der Waals surface area contributed by atoms with Gasteiger partial charge in [-0.2, -0.15) is 4.39 Å². The molecule has 142 valence electrons. The van der Waals surface area contributed by atoms with Crippen LogP contribution in [0.15, 0.2) is 41.3 Å². The molecule has 0 aliphatic heterocycles. The molecule has 0 spiro atoms. The summed E-state index contributed by atoms with van der Waals surface area (Å²) in [5, 5.41) is 9.41. The third kappa shape index (κ3) is 2.45. The first kappa shape index (κ1) is 17.0. The van der Waals surface area contributed by atoms with E-state index in [9.17, 15) is 9.18 Å². The first-order chi connectivity index (χ1) is 13.6. The molecule has 0 saturated heterocycles. The van der Waals surface area contributed by atoms with Gasteiger partial charge in [-0.15, -0.1) is 10.2 Å². The van der Waals surface area contributed by atoms with Gasteiger partial charge in [-0.3, -0.25) is 9.13 Å². The van der Waals surface area contributed by atoms with Crippen molar-refractivity contribution < 1.29 is 9.13 Å². The Morgan fingerprint density at radius 2 is 1.93 bits per heavy atom. The first-order valence-corrected chi connectivity index (χ1v) is 9.09. The van der Waals surface area contributed by atoms with E-state index in [-0.39, 0.29) is 17.8 Å². The quantitative estimate of drug-likeness (QED) is 0.512. The second-order valence-electron chi connectivity index (χ2n) is 7.17. The molecule has 1 aliphatic carbocycles. The highest BCUT2D eigenvalue weighted by atomic mass is 19.1. The van der Waals surface area contributed by atoms with Crippen LogP contribution in [0.2, 0.25) is 0 Å². The zero-order valence-electron chi connectivity index (χ0n) is 15.5. The molecule has 0 unspecified atom stereocenters. The maximum absolute atomic E-state index is 13.2. The van der Waals surface area contributed by atoms with Crippen molar-refractivity contribution in [1.29, 1.82) is 0 Å². The van der Waals surface area contributed by atoms with E-state index in [1.807, 2.05) is 22.8 Å². The lowest BCUT2D eigenvalue weighted by atomic mass is 9.89. The summed E-state index contributed by atoms with van der Waals surface area (Å²) >= 11 is 0. The normalized spacial score (nSPS) is 19.2. The maximum Gasteiger partial charge on any atom is 0.330 e. The third-order valence-electron chi connectivity index (χ3n) is 5.60. The minimum Gasteiger partial charge on any atom is -0.381 e. The Balaban J connectivity index is 1.76. The van der Waals surface area contributed by atoms with Crippen molar-refractivity contribution in [3.63, 3.8) is 0 Å². The summed E-state index contributed by atoms with van der Waals surface area (Å²) < 4.78 is 21.9. The van der Waals surface area contributed by atoms with Crippen molar-refractivity contribution in [2.75, 3.05) is 7.11 Å². The summed E-state index contributed by atoms with van der Waals surface area (Å²) in [4.78, 5) is 16.7. The van der Waals surface area contributed by atoms with Gasteiger partial charge in [0, 0.05) is 37.3 Å². The van der Waals surface area contributed by atoms with Crippen LogP contribution in [-0.2, 0) is 11.8 Å². The van der Waals surface area contributed by atoms with Crippen LogP contribution in [-0.4, -0.2) is 37.5 Å². The van der Waals surface area contributed by atoms with Gasteiger partial charge in [0.2, 0.25) is 5.95 Å². The average Bonchev–Trinajstić information content (AvgIpc) is 2.93. The fourth-order valence-electron chi connectivity index (χ4n) is 3.90. The molecule has 1 saturated carbocycles. The van der Waals surface area contributed by atoms with Crippen LogP contribution in [0.1, 0.15) is 18.9 Å². The molecule has 0 bridgehead atoms. The number of benzene rings is 1. The zero-order chi connectivity index (χ0) is 19.4. The number of fused-ring (bicyclic) bond motifs is 3. The van der Waals surface area contributed by atoms with Crippen molar-refractivity contribution in [2.24, 2.45) is 7.05 Å². The number of nitrogens with zero attached hydrogens (tertiary/aromatic N) is 5. The average molecular weight is 379 g/mol. The van der Waals surface area contributed by atoms with Gasteiger partial charge in [-0.05, 0) is 42.7 Å². The summed E-state index contributed by atoms with van der Waals surface area (Å²) in [5.74, 6) is -0.521. The summed E-state index contributed by atoms with van der Waals surface area (Å²) in [5.41, 5.74) is 3.59. The van der Waals surface area contributed by atoms with E-state index in [0.29, 0.717) is 11.2 Å². The second kappa shape index (κ2) is 6.20. The Morgan fingerprint density at radius 1 is 1.14 bits per heavy atom. The van der Waals surface area contributed by atoms with E-state index in [2.05, 4.69) is 15.2 Å². The lowest BCUT2D eigenvalue weighted by Gasteiger charge is -2.34.